The average molecular weight is 383 g/mol. The molecular formula is C20H21N3O3S. The summed E-state index contributed by atoms with van der Waals surface area (Å²) >= 11 is 1.40. The number of methoxy groups -OCH3 is 2. The SMILES string of the molecule is COc1ccc(C(=O)Nc2nnc(CCCc3ccccc3)s2)cc1OC. The largest absolute Gasteiger partial charge is 0.493 e. The number of carbonyl (C=O) groups is 1. The fourth-order valence-electron chi connectivity index (χ4n) is 2.64. The molecule has 7 heteroatoms. The molecule has 0 aliphatic carbocycles. The van der Waals surface area contributed by atoms with Crippen molar-refractivity contribution >= 4 is 22.4 Å². The Kier molecular flexibility index (Phi) is 6.38. The number of benzene rings is 2. The maximum Gasteiger partial charge on any atom is 0.257 e. The molecule has 0 aliphatic heterocycles. The predicted molar refractivity (Wildman–Crippen MR) is 106 cm³/mol. The number of nitrogens with one attached hydrogen (secondary N) is 1. The Morgan fingerprint density at radius 2 is 1.78 bits per heavy atom. The van der Waals surface area contributed by atoms with E-state index in [0.29, 0.717) is 22.2 Å². The molecule has 0 saturated heterocycles. The molecule has 0 saturated carbocycles. The molecule has 3 aromatic rings. The summed E-state index contributed by atoms with van der Waals surface area (Å²) in [6.45, 7) is 0. The van der Waals surface area contributed by atoms with Crippen LogP contribution >= 0.6 is 11.3 Å². The standard InChI is InChI=1S/C20H21N3O3S/c1-25-16-12-11-15(13-17(16)26-2)19(24)21-20-23-22-18(27-20)10-6-9-14-7-4-3-5-8-14/h3-5,7-8,11-13H,6,9-10H2,1-2H3,(H,21,23,24). The second-order valence-electron chi connectivity index (χ2n) is 5.86. The van der Waals surface area contributed by atoms with Crippen LogP contribution in [0.1, 0.15) is 27.3 Å². The number of carbonyl (C=O) groups excluding carboxylic acids is 1. The summed E-state index contributed by atoms with van der Waals surface area (Å²) in [5, 5.41) is 12.4. The Morgan fingerprint density at radius 1 is 1.00 bits per heavy atom. The highest BCUT2D eigenvalue weighted by Gasteiger charge is 2.13. The van der Waals surface area contributed by atoms with Gasteiger partial charge in [0.1, 0.15) is 5.01 Å². The van der Waals surface area contributed by atoms with E-state index in [9.17, 15) is 4.79 Å². The first-order valence-electron chi connectivity index (χ1n) is 8.59. The number of nitrogens with zero attached hydrogens (tertiary/aromatic N) is 2. The summed E-state index contributed by atoms with van der Waals surface area (Å²) in [5.74, 6) is 0.817. The lowest BCUT2D eigenvalue weighted by Crippen LogP contribution is -2.11. The van der Waals surface area contributed by atoms with Crippen molar-refractivity contribution in [2.75, 3.05) is 19.5 Å². The van der Waals surface area contributed by atoms with Crippen LogP contribution in [0.2, 0.25) is 0 Å². The third-order valence-electron chi connectivity index (χ3n) is 4.03. The second-order valence-corrected chi connectivity index (χ2v) is 6.93. The topological polar surface area (TPSA) is 73.3 Å². The lowest BCUT2D eigenvalue weighted by atomic mass is 10.1. The molecule has 1 heterocycles. The van der Waals surface area contributed by atoms with Gasteiger partial charge in [0.2, 0.25) is 5.13 Å². The molecule has 0 spiro atoms. The number of rotatable bonds is 8. The van der Waals surface area contributed by atoms with Gasteiger partial charge < -0.3 is 9.47 Å². The molecule has 1 N–H and O–H groups in total. The second kappa shape index (κ2) is 9.14. The Hall–Kier alpha value is -2.93. The van der Waals surface area contributed by atoms with E-state index in [1.165, 1.54) is 24.0 Å². The Labute approximate surface area is 162 Å². The van der Waals surface area contributed by atoms with Gasteiger partial charge in [-0.1, -0.05) is 41.7 Å². The quantitative estimate of drug-likeness (QED) is 0.637. The molecule has 140 valence electrons. The monoisotopic (exact) mass is 383 g/mol. The molecule has 1 aromatic heterocycles. The van der Waals surface area contributed by atoms with Crippen molar-refractivity contribution in [3.05, 3.63) is 64.7 Å². The lowest BCUT2D eigenvalue weighted by molar-refractivity contribution is 0.102. The molecule has 0 aliphatic rings. The molecule has 6 nitrogen and oxygen atoms in total. The highest BCUT2D eigenvalue weighted by atomic mass is 32.1. The molecule has 27 heavy (non-hydrogen) atoms. The average Bonchev–Trinajstić information content (AvgIpc) is 3.15. The molecule has 0 bridgehead atoms. The van der Waals surface area contributed by atoms with Crippen LogP contribution in [0.25, 0.3) is 0 Å². The van der Waals surface area contributed by atoms with E-state index in [1.807, 2.05) is 18.2 Å². The number of hydrogen-bond acceptors (Lipinski definition) is 6. The van der Waals surface area contributed by atoms with Gasteiger partial charge in [0.25, 0.3) is 5.91 Å². The summed E-state index contributed by atoms with van der Waals surface area (Å²) in [5.41, 5.74) is 1.78. The first-order chi connectivity index (χ1) is 13.2. The predicted octanol–water partition coefficient (Wildman–Crippen LogP) is 3.98. The molecule has 3 rings (SSSR count). The molecule has 0 unspecified atom stereocenters. The number of aromatic nitrogens is 2. The van der Waals surface area contributed by atoms with Crippen molar-refractivity contribution in [2.45, 2.75) is 19.3 Å². The van der Waals surface area contributed by atoms with Gasteiger partial charge in [-0.25, -0.2) is 0 Å². The molecular weight excluding hydrogens is 362 g/mol. The van der Waals surface area contributed by atoms with E-state index in [1.54, 1.807) is 25.3 Å². The van der Waals surface area contributed by atoms with E-state index in [-0.39, 0.29) is 5.91 Å². The van der Waals surface area contributed by atoms with Gasteiger partial charge in [-0.2, -0.15) is 0 Å². The summed E-state index contributed by atoms with van der Waals surface area (Å²) in [6, 6.07) is 15.4. The van der Waals surface area contributed by atoms with Gasteiger partial charge in [-0.3, -0.25) is 10.1 Å². The van der Waals surface area contributed by atoms with Crippen LogP contribution in [-0.2, 0) is 12.8 Å². The highest BCUT2D eigenvalue weighted by molar-refractivity contribution is 7.15. The van der Waals surface area contributed by atoms with Gasteiger partial charge in [0.15, 0.2) is 11.5 Å². The molecule has 0 radical (unpaired) electrons. The van der Waals surface area contributed by atoms with Crippen molar-refractivity contribution in [3.63, 3.8) is 0 Å². The van der Waals surface area contributed by atoms with Gasteiger partial charge in [-0.05, 0) is 36.6 Å². The lowest BCUT2D eigenvalue weighted by Gasteiger charge is -2.08. The van der Waals surface area contributed by atoms with E-state index in [0.717, 1.165) is 24.3 Å². The summed E-state index contributed by atoms with van der Waals surface area (Å²) < 4.78 is 10.4. The summed E-state index contributed by atoms with van der Waals surface area (Å²) in [6.07, 6.45) is 2.81. The van der Waals surface area contributed by atoms with Crippen LogP contribution in [0.15, 0.2) is 48.5 Å². The fraction of sp³-hybridized carbons (Fsp3) is 0.250. The van der Waals surface area contributed by atoms with E-state index >= 15 is 0 Å². The number of ether oxygens (including phenoxy) is 2. The van der Waals surface area contributed by atoms with Gasteiger partial charge in [0, 0.05) is 12.0 Å². The minimum atomic E-state index is -0.261. The zero-order chi connectivity index (χ0) is 19.1. The third kappa shape index (κ3) is 5.04. The minimum absolute atomic E-state index is 0.261. The van der Waals surface area contributed by atoms with Gasteiger partial charge in [0.05, 0.1) is 14.2 Å². The van der Waals surface area contributed by atoms with Crippen LogP contribution in [0.3, 0.4) is 0 Å². The smallest absolute Gasteiger partial charge is 0.257 e. The van der Waals surface area contributed by atoms with Crippen molar-refractivity contribution in [2.24, 2.45) is 0 Å². The zero-order valence-corrected chi connectivity index (χ0v) is 16.1. The van der Waals surface area contributed by atoms with Gasteiger partial charge >= 0.3 is 0 Å². The summed E-state index contributed by atoms with van der Waals surface area (Å²) in [4.78, 5) is 12.4. The van der Waals surface area contributed by atoms with Crippen LogP contribution < -0.4 is 14.8 Å². The van der Waals surface area contributed by atoms with Crippen LogP contribution in [0.4, 0.5) is 5.13 Å². The van der Waals surface area contributed by atoms with E-state index in [2.05, 4.69) is 27.6 Å². The number of aryl methyl sites for hydroxylation is 2. The van der Waals surface area contributed by atoms with Crippen LogP contribution in [0.5, 0.6) is 11.5 Å². The van der Waals surface area contributed by atoms with E-state index in [4.69, 9.17) is 9.47 Å². The Bertz CT molecular complexity index is 896. The van der Waals surface area contributed by atoms with Crippen LogP contribution in [-0.4, -0.2) is 30.3 Å². The fourth-order valence-corrected chi connectivity index (χ4v) is 3.42. The molecule has 1 amide bonds. The van der Waals surface area contributed by atoms with Gasteiger partial charge in [-0.15, -0.1) is 10.2 Å². The van der Waals surface area contributed by atoms with Crippen molar-refractivity contribution in [3.8, 4) is 11.5 Å². The number of amides is 1. The third-order valence-corrected chi connectivity index (χ3v) is 4.93. The normalized spacial score (nSPS) is 10.4. The first kappa shape index (κ1) is 18.8. The van der Waals surface area contributed by atoms with Crippen molar-refractivity contribution in [1.29, 1.82) is 0 Å². The maximum atomic E-state index is 12.4. The number of anilines is 1. The first-order valence-corrected chi connectivity index (χ1v) is 9.41. The van der Waals surface area contributed by atoms with E-state index < -0.39 is 0 Å². The summed E-state index contributed by atoms with van der Waals surface area (Å²) in [7, 11) is 3.09. The van der Waals surface area contributed by atoms with Crippen molar-refractivity contribution < 1.29 is 14.3 Å². The van der Waals surface area contributed by atoms with Crippen molar-refractivity contribution in [1.82, 2.24) is 10.2 Å². The molecule has 0 fully saturated rings. The minimum Gasteiger partial charge on any atom is -0.493 e. The molecule has 0 atom stereocenters. The van der Waals surface area contributed by atoms with Crippen LogP contribution in [0, 0.1) is 0 Å². The maximum absolute atomic E-state index is 12.4. The molecule has 2 aromatic carbocycles. The Balaban J connectivity index is 1.56. The Morgan fingerprint density at radius 3 is 2.52 bits per heavy atom. The number of hydrogen-bond donors (Lipinski definition) is 1. The zero-order valence-electron chi connectivity index (χ0n) is 15.3. The highest BCUT2D eigenvalue weighted by Crippen LogP contribution is 2.28.